The number of anilines is 2. The average Bonchev–Trinajstić information content (AvgIpc) is 3.30. The largest absolute Gasteiger partial charge is 0.379 e. The number of imidazole rings is 1. The highest BCUT2D eigenvalue weighted by Gasteiger charge is 2.20. The number of carbonyl (C=O) groups excluding carboxylic acids is 1. The third kappa shape index (κ3) is 4.59. The zero-order valence-electron chi connectivity index (χ0n) is 18.0. The molecule has 0 saturated heterocycles. The fourth-order valence-corrected chi connectivity index (χ4v) is 4.56. The maximum atomic E-state index is 12.7. The molecule has 0 unspecified atom stereocenters. The van der Waals surface area contributed by atoms with Crippen molar-refractivity contribution in [2.45, 2.75) is 45.8 Å². The highest BCUT2D eigenvalue weighted by Crippen LogP contribution is 2.31. The fraction of sp³-hybridized carbons (Fsp3) is 0.348. The molecule has 2 aromatic carbocycles. The van der Waals surface area contributed by atoms with Crippen LogP contribution in [0.15, 0.2) is 36.4 Å². The van der Waals surface area contributed by atoms with Crippen molar-refractivity contribution in [2.24, 2.45) is 0 Å². The molecular weight excluding hydrogens is 432 g/mol. The molecule has 0 bridgehead atoms. The van der Waals surface area contributed by atoms with Crippen LogP contribution >= 0.6 is 22.9 Å². The van der Waals surface area contributed by atoms with E-state index in [1.165, 1.54) is 11.3 Å². The first-order valence-corrected chi connectivity index (χ1v) is 11.4. The van der Waals surface area contributed by atoms with Gasteiger partial charge in [0.2, 0.25) is 5.95 Å². The zero-order chi connectivity index (χ0) is 22.2. The van der Waals surface area contributed by atoms with E-state index in [-0.39, 0.29) is 11.4 Å². The van der Waals surface area contributed by atoms with Gasteiger partial charge in [-0.1, -0.05) is 22.9 Å². The number of fused-ring (bicyclic) bond motifs is 2. The summed E-state index contributed by atoms with van der Waals surface area (Å²) in [6, 6.07) is 11.4. The smallest absolute Gasteiger partial charge is 0.210 e. The lowest BCUT2D eigenvalue weighted by atomic mass is 9.97. The molecule has 0 aliphatic heterocycles. The molecule has 4 aromatic rings. The number of hydrogen-bond acceptors (Lipinski definition) is 6. The molecule has 1 N–H and O–H groups in total. The molecule has 0 aliphatic rings. The van der Waals surface area contributed by atoms with E-state index in [9.17, 15) is 4.79 Å². The Kier molecular flexibility index (Phi) is 6.01. The van der Waals surface area contributed by atoms with Gasteiger partial charge in [0, 0.05) is 30.7 Å². The van der Waals surface area contributed by atoms with Crippen LogP contribution in [0.2, 0.25) is 5.02 Å². The molecule has 162 valence electrons. The number of ether oxygens (including phenoxy) is 1. The topological polar surface area (TPSA) is 69.0 Å². The summed E-state index contributed by atoms with van der Waals surface area (Å²) in [5, 5.41) is 4.78. The molecule has 0 amide bonds. The highest BCUT2D eigenvalue weighted by molar-refractivity contribution is 7.22. The van der Waals surface area contributed by atoms with Crippen LogP contribution < -0.4 is 5.32 Å². The monoisotopic (exact) mass is 456 g/mol. The summed E-state index contributed by atoms with van der Waals surface area (Å²) in [4.78, 5) is 22.1. The van der Waals surface area contributed by atoms with Crippen LogP contribution in [0.1, 0.15) is 44.0 Å². The van der Waals surface area contributed by atoms with Gasteiger partial charge in [0.15, 0.2) is 10.9 Å². The molecule has 6 nitrogen and oxygen atoms in total. The lowest BCUT2D eigenvalue weighted by Crippen LogP contribution is -2.23. The summed E-state index contributed by atoms with van der Waals surface area (Å²) in [6.07, 6.45) is 1.10. The number of nitrogens with zero attached hydrogens (tertiary/aromatic N) is 3. The predicted molar refractivity (Wildman–Crippen MR) is 128 cm³/mol. The Hall–Kier alpha value is -2.48. The standard InChI is InChI=1S/C23H25ClN4O2S/c1-5-28-18-9-6-14(19(29)10-11-23(2,3)30-4)12-17(18)25-21(28)27-22-26-16-8-7-15(24)13-20(16)31-22/h6-9,12-13H,5,10-11H2,1-4H3,(H,25,26,27). The molecule has 2 aromatic heterocycles. The van der Waals surface area contributed by atoms with Crippen molar-refractivity contribution >= 4 is 61.1 Å². The van der Waals surface area contributed by atoms with Gasteiger partial charge >= 0.3 is 0 Å². The number of benzene rings is 2. The van der Waals surface area contributed by atoms with Gasteiger partial charge in [0.1, 0.15) is 0 Å². The molecule has 0 spiro atoms. The molecule has 4 rings (SSSR count). The molecule has 2 heterocycles. The van der Waals surface area contributed by atoms with E-state index >= 15 is 0 Å². The van der Waals surface area contributed by atoms with Crippen LogP contribution in [0.25, 0.3) is 21.3 Å². The minimum atomic E-state index is -0.317. The van der Waals surface area contributed by atoms with Gasteiger partial charge in [-0.25, -0.2) is 9.97 Å². The van der Waals surface area contributed by atoms with Crippen LogP contribution in [0, 0.1) is 0 Å². The first kappa shape index (κ1) is 21.7. The number of ketones is 1. The minimum Gasteiger partial charge on any atom is -0.379 e. The lowest BCUT2D eigenvalue weighted by Gasteiger charge is -2.22. The van der Waals surface area contributed by atoms with Crippen LogP contribution in [0.3, 0.4) is 0 Å². The number of halogens is 1. The highest BCUT2D eigenvalue weighted by atomic mass is 35.5. The van der Waals surface area contributed by atoms with Crippen LogP contribution in [-0.4, -0.2) is 33.0 Å². The second kappa shape index (κ2) is 8.57. The molecule has 8 heteroatoms. The Morgan fingerprint density at radius 1 is 1.19 bits per heavy atom. The number of Topliss-reactive ketones (excluding diaryl/α,β-unsaturated/α-hetero) is 1. The predicted octanol–water partition coefficient (Wildman–Crippen LogP) is 6.45. The SMILES string of the molecule is CCn1c(Nc2nc3ccc(Cl)cc3s2)nc2cc(C(=O)CCC(C)(C)OC)ccc21. The zero-order valence-corrected chi connectivity index (χ0v) is 19.6. The fourth-order valence-electron chi connectivity index (χ4n) is 3.43. The Labute approximate surface area is 190 Å². The number of thiazole rings is 1. The van der Waals surface area contributed by atoms with E-state index in [2.05, 4.69) is 21.8 Å². The second-order valence-corrected chi connectivity index (χ2v) is 9.49. The first-order valence-electron chi connectivity index (χ1n) is 10.2. The second-order valence-electron chi connectivity index (χ2n) is 8.03. The number of aromatic nitrogens is 3. The van der Waals surface area contributed by atoms with Crippen LogP contribution in [0.4, 0.5) is 11.1 Å². The molecule has 0 radical (unpaired) electrons. The number of aryl methyl sites for hydroxylation is 1. The Bertz CT molecular complexity index is 1260. The van der Waals surface area contributed by atoms with Crippen molar-refractivity contribution in [3.05, 3.63) is 47.0 Å². The number of rotatable bonds is 8. The van der Waals surface area contributed by atoms with Gasteiger partial charge in [0.25, 0.3) is 0 Å². The van der Waals surface area contributed by atoms with Gasteiger partial charge in [-0.3, -0.25) is 4.79 Å². The molecule has 0 aliphatic carbocycles. The van der Waals surface area contributed by atoms with E-state index in [1.807, 2.05) is 50.2 Å². The average molecular weight is 457 g/mol. The van der Waals surface area contributed by atoms with E-state index in [0.717, 1.165) is 32.9 Å². The summed E-state index contributed by atoms with van der Waals surface area (Å²) < 4.78 is 8.52. The Morgan fingerprint density at radius 2 is 2.00 bits per heavy atom. The summed E-state index contributed by atoms with van der Waals surface area (Å²) in [5.74, 6) is 0.795. The van der Waals surface area contributed by atoms with Crippen LogP contribution in [0.5, 0.6) is 0 Å². The number of nitrogens with one attached hydrogen (secondary N) is 1. The van der Waals surface area contributed by atoms with E-state index in [1.54, 1.807) is 7.11 Å². The summed E-state index contributed by atoms with van der Waals surface area (Å²) in [5.41, 5.74) is 3.00. The molecule has 0 fully saturated rings. The van der Waals surface area contributed by atoms with Gasteiger partial charge in [-0.15, -0.1) is 0 Å². The van der Waals surface area contributed by atoms with Crippen molar-refractivity contribution in [2.75, 3.05) is 12.4 Å². The maximum absolute atomic E-state index is 12.7. The van der Waals surface area contributed by atoms with Crippen LogP contribution in [-0.2, 0) is 11.3 Å². The van der Waals surface area contributed by atoms with Crippen molar-refractivity contribution in [3.63, 3.8) is 0 Å². The molecular formula is C23H25ClN4O2S. The summed E-state index contributed by atoms with van der Waals surface area (Å²) >= 11 is 7.62. The summed E-state index contributed by atoms with van der Waals surface area (Å²) in [6.45, 7) is 6.78. The number of methoxy groups -OCH3 is 1. The summed E-state index contributed by atoms with van der Waals surface area (Å²) in [7, 11) is 1.67. The normalized spacial score (nSPS) is 12.0. The maximum Gasteiger partial charge on any atom is 0.210 e. The third-order valence-electron chi connectivity index (χ3n) is 5.46. The van der Waals surface area contributed by atoms with Gasteiger partial charge in [0.05, 0.1) is 26.9 Å². The van der Waals surface area contributed by atoms with Gasteiger partial charge in [-0.2, -0.15) is 0 Å². The lowest BCUT2D eigenvalue weighted by molar-refractivity contribution is 0.0141. The molecule has 0 saturated carbocycles. The quantitative estimate of drug-likeness (QED) is 0.308. The van der Waals surface area contributed by atoms with Gasteiger partial charge in [-0.05, 0) is 63.6 Å². The Balaban J connectivity index is 1.61. The van der Waals surface area contributed by atoms with Crippen molar-refractivity contribution < 1.29 is 9.53 Å². The van der Waals surface area contributed by atoms with Gasteiger partial charge < -0.3 is 14.6 Å². The first-order chi connectivity index (χ1) is 14.8. The van der Waals surface area contributed by atoms with Crippen molar-refractivity contribution in [3.8, 4) is 0 Å². The number of carbonyl (C=O) groups is 1. The van der Waals surface area contributed by atoms with Crippen molar-refractivity contribution in [1.29, 1.82) is 0 Å². The molecule has 31 heavy (non-hydrogen) atoms. The third-order valence-corrected chi connectivity index (χ3v) is 6.63. The molecule has 0 atom stereocenters. The number of hydrogen-bond donors (Lipinski definition) is 1. The Morgan fingerprint density at radius 3 is 2.74 bits per heavy atom. The van der Waals surface area contributed by atoms with E-state index < -0.39 is 0 Å². The minimum absolute atomic E-state index is 0.0932. The van der Waals surface area contributed by atoms with E-state index in [0.29, 0.717) is 29.4 Å². The van der Waals surface area contributed by atoms with E-state index in [4.69, 9.17) is 21.3 Å². The van der Waals surface area contributed by atoms with Crippen molar-refractivity contribution in [1.82, 2.24) is 14.5 Å².